The number of hydrogen-bond donors (Lipinski definition) is 1. The Balaban J connectivity index is 5.01. The van der Waals surface area contributed by atoms with Crippen LogP contribution in [0.15, 0.2) is 12.2 Å². The van der Waals surface area contributed by atoms with E-state index in [-0.39, 0.29) is 23.4 Å². The number of hydrogen-bond acceptors (Lipinski definition) is 3. The van der Waals surface area contributed by atoms with Crippen LogP contribution >= 0.6 is 0 Å². The van der Waals surface area contributed by atoms with Gasteiger partial charge in [-0.2, -0.15) is 0 Å². The minimum absolute atomic E-state index is 0.166. The van der Waals surface area contributed by atoms with Gasteiger partial charge < -0.3 is 10.5 Å². The van der Waals surface area contributed by atoms with Crippen LogP contribution in [0.2, 0.25) is 0 Å². The highest BCUT2D eigenvalue weighted by Crippen LogP contribution is 2.42. The third-order valence-corrected chi connectivity index (χ3v) is 3.46. The van der Waals surface area contributed by atoms with Crippen molar-refractivity contribution in [1.29, 1.82) is 0 Å². The Bertz CT molecular complexity index is 291. The third-order valence-electron chi connectivity index (χ3n) is 3.46. The van der Waals surface area contributed by atoms with Crippen LogP contribution in [0.5, 0.6) is 0 Å². The Morgan fingerprint density at radius 3 is 1.71 bits per heavy atom. The average molecular weight is 241 g/mol. The van der Waals surface area contributed by atoms with Crippen molar-refractivity contribution in [2.24, 2.45) is 16.6 Å². The summed E-state index contributed by atoms with van der Waals surface area (Å²) < 4.78 is 5.26. The molecule has 3 nitrogen and oxygen atoms in total. The Labute approximate surface area is 105 Å². The largest absolute Gasteiger partial charge is 0.460 e. The summed E-state index contributed by atoms with van der Waals surface area (Å²) in [6, 6.07) is 0. The van der Waals surface area contributed by atoms with Gasteiger partial charge in [-0.3, -0.25) is 0 Å². The van der Waals surface area contributed by atoms with E-state index in [0.29, 0.717) is 5.57 Å². The Morgan fingerprint density at radius 2 is 1.47 bits per heavy atom. The normalized spacial score (nSPS) is 13.4. The molecular formula is C14H27NO2. The number of nitrogens with two attached hydrogens (primary N) is 1. The maximum atomic E-state index is 11.5. The van der Waals surface area contributed by atoms with Crippen LogP contribution < -0.4 is 5.73 Å². The molecule has 0 saturated heterocycles. The van der Waals surface area contributed by atoms with Gasteiger partial charge >= 0.3 is 5.97 Å². The third kappa shape index (κ3) is 3.56. The molecule has 0 aromatic carbocycles. The summed E-state index contributed by atoms with van der Waals surface area (Å²) in [6.45, 7) is 17.8. The lowest BCUT2D eigenvalue weighted by Gasteiger charge is -2.50. The van der Waals surface area contributed by atoms with Gasteiger partial charge in [-0.1, -0.05) is 48.1 Å². The molecule has 0 aromatic heterocycles. The number of carbonyl (C=O) groups excluding carboxylic acids is 1. The molecule has 0 heterocycles. The molecular weight excluding hydrogens is 214 g/mol. The lowest BCUT2D eigenvalue weighted by atomic mass is 9.61. The first kappa shape index (κ1) is 16.2. The molecule has 0 amide bonds. The average Bonchev–Trinajstić information content (AvgIpc) is 2.09. The van der Waals surface area contributed by atoms with E-state index in [2.05, 4.69) is 48.1 Å². The summed E-state index contributed by atoms with van der Waals surface area (Å²) in [5.74, 6) is -0.381. The van der Waals surface area contributed by atoms with Crippen molar-refractivity contribution in [3.63, 3.8) is 0 Å². The van der Waals surface area contributed by atoms with Gasteiger partial charge in [0, 0.05) is 5.57 Å². The molecule has 17 heavy (non-hydrogen) atoms. The number of carbonyl (C=O) groups is 1. The zero-order valence-electron chi connectivity index (χ0n) is 12.3. The van der Waals surface area contributed by atoms with Crippen molar-refractivity contribution in [3.05, 3.63) is 12.2 Å². The zero-order chi connectivity index (χ0) is 14.1. The second-order valence-corrected chi connectivity index (χ2v) is 6.83. The van der Waals surface area contributed by atoms with Crippen molar-refractivity contribution in [2.75, 3.05) is 6.61 Å². The Kier molecular flexibility index (Phi) is 4.57. The zero-order valence-corrected chi connectivity index (χ0v) is 12.3. The molecule has 0 atom stereocenters. The van der Waals surface area contributed by atoms with Crippen LogP contribution in [0.25, 0.3) is 0 Å². The van der Waals surface area contributed by atoms with Crippen LogP contribution in [0.1, 0.15) is 48.5 Å². The summed E-state index contributed by atoms with van der Waals surface area (Å²) in [7, 11) is 0. The van der Waals surface area contributed by atoms with Crippen molar-refractivity contribution >= 4 is 5.97 Å². The van der Waals surface area contributed by atoms with Crippen molar-refractivity contribution in [1.82, 2.24) is 0 Å². The Hall–Kier alpha value is -0.830. The molecule has 0 aliphatic heterocycles. The number of rotatable bonds is 3. The predicted molar refractivity (Wildman–Crippen MR) is 71.6 cm³/mol. The van der Waals surface area contributed by atoms with Crippen LogP contribution in [0.3, 0.4) is 0 Å². The van der Waals surface area contributed by atoms with Crippen LogP contribution in [0.4, 0.5) is 0 Å². The molecule has 0 aromatic rings. The minimum Gasteiger partial charge on any atom is -0.460 e. The van der Waals surface area contributed by atoms with E-state index in [1.165, 1.54) is 0 Å². The number of esters is 1. The molecule has 3 heteroatoms. The molecule has 0 fully saturated rings. The number of ether oxygens (including phenoxy) is 1. The van der Waals surface area contributed by atoms with E-state index >= 15 is 0 Å². The highest BCUT2D eigenvalue weighted by atomic mass is 16.5. The molecule has 0 aliphatic rings. The summed E-state index contributed by atoms with van der Waals surface area (Å²) in [5, 5.41) is 0. The maximum Gasteiger partial charge on any atom is 0.333 e. The van der Waals surface area contributed by atoms with Gasteiger partial charge in [-0.05, 0) is 17.8 Å². The van der Waals surface area contributed by atoms with Crippen LogP contribution in [0, 0.1) is 10.8 Å². The van der Waals surface area contributed by atoms with Gasteiger partial charge in [0.05, 0.1) is 5.54 Å². The first-order valence-electron chi connectivity index (χ1n) is 5.94. The molecule has 0 unspecified atom stereocenters. The van der Waals surface area contributed by atoms with Crippen molar-refractivity contribution < 1.29 is 9.53 Å². The van der Waals surface area contributed by atoms with Crippen molar-refractivity contribution in [2.45, 2.75) is 54.0 Å². The molecule has 0 bridgehead atoms. The van der Waals surface area contributed by atoms with Crippen LogP contribution in [-0.2, 0) is 9.53 Å². The SMILES string of the molecule is C=C(C)C(=O)OCC(N)(C(C)(C)C)C(C)(C)C. The standard InChI is InChI=1S/C14H27NO2/c1-10(2)11(16)17-9-14(15,12(3,4)5)13(6,7)8/h1,9,15H2,2-8H3. The Morgan fingerprint density at radius 1 is 1.12 bits per heavy atom. The van der Waals surface area contributed by atoms with E-state index in [1.807, 2.05) is 0 Å². The fourth-order valence-electron chi connectivity index (χ4n) is 1.86. The second kappa shape index (κ2) is 4.81. The molecule has 0 rings (SSSR count). The quantitative estimate of drug-likeness (QED) is 0.610. The summed E-state index contributed by atoms with van der Waals surface area (Å²) in [5.41, 5.74) is 5.97. The van der Waals surface area contributed by atoms with E-state index in [9.17, 15) is 4.79 Å². The fraction of sp³-hybridized carbons (Fsp3) is 0.786. The van der Waals surface area contributed by atoms with Gasteiger partial charge in [-0.25, -0.2) is 4.79 Å². The highest BCUT2D eigenvalue weighted by Gasteiger charge is 2.48. The lowest BCUT2D eigenvalue weighted by Crippen LogP contribution is -2.63. The molecule has 100 valence electrons. The minimum atomic E-state index is -0.592. The van der Waals surface area contributed by atoms with Gasteiger partial charge in [0.2, 0.25) is 0 Å². The molecule has 0 saturated carbocycles. The van der Waals surface area contributed by atoms with E-state index < -0.39 is 5.54 Å². The fourth-order valence-corrected chi connectivity index (χ4v) is 1.86. The summed E-state index contributed by atoms with van der Waals surface area (Å²) in [4.78, 5) is 11.5. The van der Waals surface area contributed by atoms with E-state index in [4.69, 9.17) is 10.5 Å². The second-order valence-electron chi connectivity index (χ2n) is 6.83. The van der Waals surface area contributed by atoms with E-state index in [1.54, 1.807) is 6.92 Å². The van der Waals surface area contributed by atoms with E-state index in [0.717, 1.165) is 0 Å². The van der Waals surface area contributed by atoms with Crippen LogP contribution in [-0.4, -0.2) is 18.1 Å². The summed E-state index contributed by atoms with van der Waals surface area (Å²) >= 11 is 0. The van der Waals surface area contributed by atoms with Gasteiger partial charge in [0.1, 0.15) is 6.61 Å². The van der Waals surface area contributed by atoms with Gasteiger partial charge in [0.15, 0.2) is 0 Å². The predicted octanol–water partition coefficient (Wildman–Crippen LogP) is 2.90. The first-order valence-corrected chi connectivity index (χ1v) is 5.94. The van der Waals surface area contributed by atoms with Gasteiger partial charge in [-0.15, -0.1) is 0 Å². The first-order chi connectivity index (χ1) is 7.33. The topological polar surface area (TPSA) is 52.3 Å². The monoisotopic (exact) mass is 241 g/mol. The lowest BCUT2D eigenvalue weighted by molar-refractivity contribution is -0.144. The van der Waals surface area contributed by atoms with Crippen molar-refractivity contribution in [3.8, 4) is 0 Å². The highest BCUT2D eigenvalue weighted by molar-refractivity contribution is 5.86. The van der Waals surface area contributed by atoms with Gasteiger partial charge in [0.25, 0.3) is 0 Å². The summed E-state index contributed by atoms with van der Waals surface area (Å²) in [6.07, 6.45) is 0. The maximum absolute atomic E-state index is 11.5. The molecule has 0 radical (unpaired) electrons. The molecule has 2 N–H and O–H groups in total. The molecule has 0 spiro atoms. The smallest absolute Gasteiger partial charge is 0.333 e. The molecule has 0 aliphatic carbocycles.